The molecule has 0 heteroatoms. The average molecular weight is 303 g/mol. The fourth-order valence-electron chi connectivity index (χ4n) is 4.63. The van der Waals surface area contributed by atoms with Crippen molar-refractivity contribution in [2.45, 2.75) is 90.9 Å². The quantitative estimate of drug-likeness (QED) is 0.432. The van der Waals surface area contributed by atoms with E-state index >= 15 is 0 Å². The lowest BCUT2D eigenvalue weighted by molar-refractivity contribution is 0.263. The van der Waals surface area contributed by atoms with Crippen molar-refractivity contribution in [3.8, 4) is 0 Å². The second-order valence-corrected chi connectivity index (χ2v) is 7.92. The summed E-state index contributed by atoms with van der Waals surface area (Å²) in [4.78, 5) is 0. The van der Waals surface area contributed by atoms with Gasteiger partial charge in [0.1, 0.15) is 0 Å². The lowest BCUT2D eigenvalue weighted by atomic mass is 9.78. The molecule has 0 aromatic carbocycles. The van der Waals surface area contributed by atoms with Crippen LogP contribution in [0.4, 0.5) is 0 Å². The molecule has 0 unspecified atom stereocenters. The first-order valence-electron chi connectivity index (χ1n) is 10.1. The Hall–Kier alpha value is -0.520. The molecule has 0 amide bonds. The summed E-state index contributed by atoms with van der Waals surface area (Å²) in [7, 11) is 0. The zero-order valence-electron chi connectivity index (χ0n) is 15.1. The van der Waals surface area contributed by atoms with Gasteiger partial charge in [0, 0.05) is 0 Å². The normalized spacial score (nSPS) is 33.7. The largest absolute Gasteiger partial charge is 0.0914 e. The molecule has 0 aliphatic heterocycles. The van der Waals surface area contributed by atoms with Gasteiger partial charge in [-0.3, -0.25) is 0 Å². The highest BCUT2D eigenvalue weighted by Gasteiger charge is 2.20. The van der Waals surface area contributed by atoms with Gasteiger partial charge < -0.3 is 0 Å². The van der Waals surface area contributed by atoms with Gasteiger partial charge in [0.2, 0.25) is 0 Å². The van der Waals surface area contributed by atoms with Crippen molar-refractivity contribution in [1.82, 2.24) is 0 Å². The molecule has 2 aliphatic carbocycles. The van der Waals surface area contributed by atoms with Crippen molar-refractivity contribution in [2.75, 3.05) is 0 Å². The molecule has 0 heterocycles. The maximum Gasteiger partial charge on any atom is -0.0233 e. The van der Waals surface area contributed by atoms with Gasteiger partial charge in [0.05, 0.1) is 0 Å². The van der Waals surface area contributed by atoms with Gasteiger partial charge >= 0.3 is 0 Å². The SMILES string of the molecule is CC=CC1CCC(CC=CCC2CCC(CCC)CC2)CC1. The van der Waals surface area contributed by atoms with Crippen molar-refractivity contribution in [3.63, 3.8) is 0 Å². The molecular formula is C22H38. The van der Waals surface area contributed by atoms with Crippen molar-refractivity contribution in [1.29, 1.82) is 0 Å². The fourth-order valence-corrected chi connectivity index (χ4v) is 4.63. The Bertz CT molecular complexity index is 322. The molecule has 22 heavy (non-hydrogen) atoms. The summed E-state index contributed by atoms with van der Waals surface area (Å²) in [6.45, 7) is 4.49. The molecule has 0 aromatic heterocycles. The van der Waals surface area contributed by atoms with Crippen molar-refractivity contribution < 1.29 is 0 Å². The zero-order chi connectivity index (χ0) is 15.6. The highest BCUT2D eigenvalue weighted by Crippen LogP contribution is 2.34. The molecule has 2 aliphatic rings. The molecule has 0 N–H and O–H groups in total. The fraction of sp³-hybridized carbons (Fsp3) is 0.818. The van der Waals surface area contributed by atoms with Crippen LogP contribution in [-0.2, 0) is 0 Å². The van der Waals surface area contributed by atoms with E-state index in [2.05, 4.69) is 38.2 Å². The third-order valence-electron chi connectivity index (χ3n) is 6.12. The Morgan fingerprint density at radius 2 is 1.23 bits per heavy atom. The minimum atomic E-state index is 0.878. The molecule has 126 valence electrons. The summed E-state index contributed by atoms with van der Waals surface area (Å²) in [5, 5.41) is 0. The molecule has 0 saturated heterocycles. The molecule has 0 spiro atoms. The second kappa shape index (κ2) is 10.3. The molecule has 2 rings (SSSR count). The summed E-state index contributed by atoms with van der Waals surface area (Å²) in [5.74, 6) is 3.90. The van der Waals surface area contributed by atoms with Gasteiger partial charge in [0.25, 0.3) is 0 Å². The lowest BCUT2D eigenvalue weighted by Crippen LogP contribution is -2.14. The van der Waals surface area contributed by atoms with Crippen LogP contribution in [0.5, 0.6) is 0 Å². The smallest absolute Gasteiger partial charge is 0.0233 e. The van der Waals surface area contributed by atoms with Gasteiger partial charge in [-0.05, 0) is 82.0 Å². The molecule has 0 aromatic rings. The summed E-state index contributed by atoms with van der Waals surface area (Å²) in [6.07, 6.45) is 26.9. The lowest BCUT2D eigenvalue weighted by Gasteiger charge is -2.28. The van der Waals surface area contributed by atoms with E-state index in [-0.39, 0.29) is 0 Å². The monoisotopic (exact) mass is 302 g/mol. The van der Waals surface area contributed by atoms with Crippen LogP contribution in [0, 0.1) is 23.7 Å². The minimum absolute atomic E-state index is 0.878. The van der Waals surface area contributed by atoms with E-state index in [0.717, 1.165) is 23.7 Å². The number of allylic oxidation sites excluding steroid dienone is 4. The highest BCUT2D eigenvalue weighted by molar-refractivity contribution is 4.92. The summed E-state index contributed by atoms with van der Waals surface area (Å²) < 4.78 is 0. The van der Waals surface area contributed by atoms with Gasteiger partial charge in [0.15, 0.2) is 0 Å². The molecule has 0 bridgehead atoms. The predicted octanol–water partition coefficient (Wildman–Crippen LogP) is 7.31. The van der Waals surface area contributed by atoms with Gasteiger partial charge in [-0.2, -0.15) is 0 Å². The molecule has 2 saturated carbocycles. The van der Waals surface area contributed by atoms with Crippen LogP contribution in [0.15, 0.2) is 24.3 Å². The molecular weight excluding hydrogens is 264 g/mol. The van der Waals surface area contributed by atoms with E-state index in [9.17, 15) is 0 Å². The van der Waals surface area contributed by atoms with Crippen LogP contribution in [0.2, 0.25) is 0 Å². The van der Waals surface area contributed by atoms with Gasteiger partial charge in [-0.15, -0.1) is 0 Å². The van der Waals surface area contributed by atoms with Crippen molar-refractivity contribution in [3.05, 3.63) is 24.3 Å². The number of rotatable bonds is 7. The Morgan fingerprint density at radius 1 is 0.727 bits per heavy atom. The Labute approximate surface area is 139 Å². The highest BCUT2D eigenvalue weighted by atomic mass is 14.3. The van der Waals surface area contributed by atoms with E-state index in [1.807, 2.05) is 0 Å². The van der Waals surface area contributed by atoms with E-state index in [1.165, 1.54) is 77.0 Å². The summed E-state index contributed by atoms with van der Waals surface area (Å²) >= 11 is 0. The summed E-state index contributed by atoms with van der Waals surface area (Å²) in [6, 6.07) is 0. The van der Waals surface area contributed by atoms with E-state index in [4.69, 9.17) is 0 Å². The Kier molecular flexibility index (Phi) is 8.34. The third kappa shape index (κ3) is 6.31. The number of hydrogen-bond donors (Lipinski definition) is 0. The Morgan fingerprint density at radius 3 is 1.73 bits per heavy atom. The first-order valence-corrected chi connectivity index (χ1v) is 10.1. The maximum atomic E-state index is 2.52. The van der Waals surface area contributed by atoms with Crippen LogP contribution >= 0.6 is 0 Å². The van der Waals surface area contributed by atoms with Crippen LogP contribution in [0.25, 0.3) is 0 Å². The Balaban J connectivity index is 1.55. The van der Waals surface area contributed by atoms with Crippen LogP contribution in [0.1, 0.15) is 90.9 Å². The number of hydrogen-bond acceptors (Lipinski definition) is 0. The average Bonchev–Trinajstić information content (AvgIpc) is 2.55. The van der Waals surface area contributed by atoms with Crippen LogP contribution < -0.4 is 0 Å². The topological polar surface area (TPSA) is 0 Å². The second-order valence-electron chi connectivity index (χ2n) is 7.92. The summed E-state index contributed by atoms with van der Waals surface area (Å²) in [5.41, 5.74) is 0. The molecule has 0 radical (unpaired) electrons. The zero-order valence-corrected chi connectivity index (χ0v) is 15.1. The van der Waals surface area contributed by atoms with Gasteiger partial charge in [-0.25, -0.2) is 0 Å². The first kappa shape index (κ1) is 17.8. The predicted molar refractivity (Wildman–Crippen MR) is 99.0 cm³/mol. The van der Waals surface area contributed by atoms with E-state index < -0.39 is 0 Å². The maximum absolute atomic E-state index is 2.52. The first-order chi connectivity index (χ1) is 10.8. The standard InChI is InChI=1S/C22H38/c1-3-7-19-11-15-21(16-12-19)9-5-6-10-22-17-13-20(8-4-2)14-18-22/h3,5-7,19-22H,4,8-18H2,1-2H3. The third-order valence-corrected chi connectivity index (χ3v) is 6.12. The van der Waals surface area contributed by atoms with E-state index in [0.29, 0.717) is 0 Å². The van der Waals surface area contributed by atoms with Crippen LogP contribution in [0.3, 0.4) is 0 Å². The molecule has 2 fully saturated rings. The van der Waals surface area contributed by atoms with E-state index in [1.54, 1.807) is 0 Å². The van der Waals surface area contributed by atoms with Gasteiger partial charge in [-0.1, -0.05) is 56.9 Å². The van der Waals surface area contributed by atoms with Crippen molar-refractivity contribution >= 4 is 0 Å². The van der Waals surface area contributed by atoms with Crippen molar-refractivity contribution in [2.24, 2.45) is 23.7 Å². The minimum Gasteiger partial charge on any atom is -0.0914 e. The molecule has 0 nitrogen and oxygen atoms in total. The molecule has 0 atom stereocenters. The van der Waals surface area contributed by atoms with Crippen LogP contribution in [-0.4, -0.2) is 0 Å².